The van der Waals surface area contributed by atoms with Crippen molar-refractivity contribution in [1.82, 2.24) is 5.43 Å². The molecular formula is C8H9N3. The summed E-state index contributed by atoms with van der Waals surface area (Å²) < 4.78 is 0. The van der Waals surface area contributed by atoms with Gasteiger partial charge in [-0.05, 0) is 5.56 Å². The van der Waals surface area contributed by atoms with E-state index in [1.807, 2.05) is 35.6 Å². The minimum absolute atomic E-state index is 0.633. The summed E-state index contributed by atoms with van der Waals surface area (Å²) in [7, 11) is 0. The van der Waals surface area contributed by atoms with Crippen LogP contribution in [0.3, 0.4) is 0 Å². The highest BCUT2D eigenvalue weighted by molar-refractivity contribution is 5.60. The molecule has 0 aromatic heterocycles. The maximum absolute atomic E-state index is 8.28. The van der Waals surface area contributed by atoms with E-state index in [4.69, 9.17) is 5.53 Å². The summed E-state index contributed by atoms with van der Waals surface area (Å²) in [5, 5.41) is 1.82. The van der Waals surface area contributed by atoms with E-state index in [0.717, 1.165) is 5.56 Å². The van der Waals surface area contributed by atoms with Crippen LogP contribution in [0.25, 0.3) is 11.2 Å². The highest BCUT2D eigenvalue weighted by Gasteiger charge is 1.90. The fourth-order valence-corrected chi connectivity index (χ4v) is 0.779. The molecule has 11 heavy (non-hydrogen) atoms. The lowest BCUT2D eigenvalue weighted by atomic mass is 10.2. The number of hydrogen-bond acceptors (Lipinski definition) is 0. The molecule has 1 rings (SSSR count). The van der Waals surface area contributed by atoms with Crippen molar-refractivity contribution in [2.45, 2.75) is 0 Å². The van der Waals surface area contributed by atoms with Crippen molar-refractivity contribution < 1.29 is 5.22 Å². The molecule has 0 atom stereocenters. The molecular weight excluding hydrogens is 138 g/mol. The third-order valence-corrected chi connectivity index (χ3v) is 1.33. The second kappa shape index (κ2) is 3.51. The van der Waals surface area contributed by atoms with E-state index in [1.54, 1.807) is 0 Å². The molecule has 0 unspecified atom stereocenters. The minimum atomic E-state index is 0.633. The quantitative estimate of drug-likeness (QED) is 0.467. The normalized spacial score (nSPS) is 8.73. The molecule has 0 amide bonds. The van der Waals surface area contributed by atoms with Crippen molar-refractivity contribution in [3.8, 4) is 0 Å². The third-order valence-electron chi connectivity index (χ3n) is 1.33. The monoisotopic (exact) mass is 147 g/mol. The summed E-state index contributed by atoms with van der Waals surface area (Å²) in [6.45, 7) is 3.68. The standard InChI is InChI=1S/C8H9N3/c1-7(10-11-9)8-5-3-2-4-6-8/h2-6,11H,1H2,(H-,9,10). The van der Waals surface area contributed by atoms with Gasteiger partial charge in [-0.3, -0.25) is 5.43 Å². The van der Waals surface area contributed by atoms with Crippen LogP contribution in [-0.2, 0) is 0 Å². The van der Waals surface area contributed by atoms with Gasteiger partial charge in [-0.1, -0.05) is 36.9 Å². The van der Waals surface area contributed by atoms with Crippen molar-refractivity contribution in [2.24, 2.45) is 0 Å². The van der Waals surface area contributed by atoms with E-state index >= 15 is 0 Å². The number of benzene rings is 1. The predicted octanol–water partition coefficient (Wildman–Crippen LogP) is 0.264. The predicted molar refractivity (Wildman–Crippen MR) is 42.9 cm³/mol. The van der Waals surface area contributed by atoms with Gasteiger partial charge in [0.15, 0.2) is 0 Å². The molecule has 1 aromatic carbocycles. The lowest BCUT2D eigenvalue weighted by Crippen LogP contribution is -2.74. The zero-order valence-electron chi connectivity index (χ0n) is 6.04. The van der Waals surface area contributed by atoms with Crippen LogP contribution in [0.1, 0.15) is 5.56 Å². The van der Waals surface area contributed by atoms with Gasteiger partial charge in [0.1, 0.15) is 0 Å². The van der Waals surface area contributed by atoms with Gasteiger partial charge >= 0.3 is 0 Å². The zero-order chi connectivity index (χ0) is 8.10. The first kappa shape index (κ1) is 7.47. The topological polar surface area (TPSA) is 48.3 Å². The molecule has 3 nitrogen and oxygen atoms in total. The Morgan fingerprint density at radius 1 is 1.36 bits per heavy atom. The van der Waals surface area contributed by atoms with Crippen LogP contribution in [0.15, 0.2) is 36.9 Å². The molecule has 0 aliphatic rings. The van der Waals surface area contributed by atoms with E-state index in [9.17, 15) is 0 Å². The van der Waals surface area contributed by atoms with Gasteiger partial charge in [-0.15, -0.1) is 0 Å². The number of rotatable bonds is 3. The Bertz CT molecular complexity index is 253. The average molecular weight is 147 g/mol. The summed E-state index contributed by atoms with van der Waals surface area (Å²) in [6.07, 6.45) is 0. The van der Waals surface area contributed by atoms with E-state index in [-0.39, 0.29) is 0 Å². The first-order chi connectivity index (χ1) is 5.34. The van der Waals surface area contributed by atoms with E-state index in [2.05, 4.69) is 12.0 Å². The molecule has 0 bridgehead atoms. The van der Waals surface area contributed by atoms with Gasteiger partial charge in [0.05, 0.1) is 0 Å². The number of nitrogens with zero attached hydrogens (tertiary/aromatic N) is 1. The molecule has 0 saturated carbocycles. The number of nitrogens with one attached hydrogen (secondary N) is 2. The van der Waals surface area contributed by atoms with Crippen LogP contribution in [0.5, 0.6) is 0 Å². The van der Waals surface area contributed by atoms with E-state index < -0.39 is 0 Å². The Morgan fingerprint density at radius 3 is 2.55 bits per heavy atom. The van der Waals surface area contributed by atoms with E-state index in [0.29, 0.717) is 5.70 Å². The maximum Gasteiger partial charge on any atom is 0.0104 e. The van der Waals surface area contributed by atoms with Gasteiger partial charge < -0.3 is 0 Å². The van der Waals surface area contributed by atoms with Crippen molar-refractivity contribution in [1.29, 1.82) is 0 Å². The Hall–Kier alpha value is -1.64. The first-order valence-electron chi connectivity index (χ1n) is 3.24. The Kier molecular flexibility index (Phi) is 2.38. The van der Waals surface area contributed by atoms with Gasteiger partial charge in [-0.2, -0.15) is 10.8 Å². The smallest absolute Gasteiger partial charge is 0.0104 e. The fraction of sp³-hybridized carbons (Fsp3) is 0. The van der Waals surface area contributed by atoms with Gasteiger partial charge in [0.2, 0.25) is 0 Å². The Balaban J connectivity index is 2.77. The zero-order valence-corrected chi connectivity index (χ0v) is 6.04. The maximum atomic E-state index is 8.28. The van der Waals surface area contributed by atoms with Crippen LogP contribution in [0, 0.1) is 0 Å². The van der Waals surface area contributed by atoms with Crippen molar-refractivity contribution in [2.75, 3.05) is 0 Å². The second-order valence-electron chi connectivity index (χ2n) is 2.08. The highest BCUT2D eigenvalue weighted by atomic mass is 15.4. The number of hydrazine groups is 1. The third kappa shape index (κ3) is 1.89. The van der Waals surface area contributed by atoms with Crippen LogP contribution in [0.2, 0.25) is 0 Å². The molecule has 3 heteroatoms. The molecule has 0 spiro atoms. The minimum Gasteiger partial charge on any atom is -0.266 e. The van der Waals surface area contributed by atoms with Crippen LogP contribution in [-0.4, -0.2) is 0 Å². The largest absolute Gasteiger partial charge is 0.266 e. The molecule has 0 aliphatic carbocycles. The summed E-state index contributed by atoms with van der Waals surface area (Å²) in [6, 6.07) is 9.52. The molecule has 0 aliphatic heterocycles. The fourth-order valence-electron chi connectivity index (χ4n) is 0.779. The highest BCUT2D eigenvalue weighted by Crippen LogP contribution is 2.05. The summed E-state index contributed by atoms with van der Waals surface area (Å²) in [4.78, 5) is 0. The lowest BCUT2D eigenvalue weighted by molar-refractivity contribution is -0.532. The molecule has 2 N–H and O–H groups in total. The van der Waals surface area contributed by atoms with Crippen molar-refractivity contribution in [3.05, 3.63) is 48.0 Å². The molecule has 0 radical (unpaired) electrons. The lowest BCUT2D eigenvalue weighted by Gasteiger charge is -2.03. The van der Waals surface area contributed by atoms with Crippen LogP contribution in [0.4, 0.5) is 0 Å². The Morgan fingerprint density at radius 2 is 2.00 bits per heavy atom. The Labute approximate surface area is 65.2 Å². The van der Waals surface area contributed by atoms with Crippen LogP contribution < -0.4 is 10.6 Å². The molecule has 0 fully saturated rings. The second-order valence-corrected chi connectivity index (χ2v) is 2.08. The molecule has 0 saturated heterocycles. The average Bonchev–Trinajstić information content (AvgIpc) is 2.07. The first-order valence-corrected chi connectivity index (χ1v) is 3.24. The van der Waals surface area contributed by atoms with Gasteiger partial charge in [-0.25, -0.2) is 0 Å². The molecule has 0 heterocycles. The summed E-state index contributed by atoms with van der Waals surface area (Å²) in [5.74, 6) is 0. The van der Waals surface area contributed by atoms with E-state index in [1.165, 1.54) is 0 Å². The van der Waals surface area contributed by atoms with Crippen molar-refractivity contribution in [3.63, 3.8) is 0 Å². The van der Waals surface area contributed by atoms with Gasteiger partial charge in [0, 0.05) is 5.70 Å². The van der Waals surface area contributed by atoms with Crippen molar-refractivity contribution >= 4 is 5.70 Å². The summed E-state index contributed by atoms with van der Waals surface area (Å²) in [5.41, 5.74) is 12.3. The number of hydrogen-bond donors (Lipinski definition) is 2. The molecule has 1 aromatic rings. The SMILES string of the molecule is C=C(N[NH+]=[N-])c1ccccc1. The molecule has 56 valence electrons. The van der Waals surface area contributed by atoms with Crippen LogP contribution >= 0.6 is 0 Å². The summed E-state index contributed by atoms with van der Waals surface area (Å²) >= 11 is 0. The van der Waals surface area contributed by atoms with Gasteiger partial charge in [0.25, 0.3) is 0 Å².